The highest BCUT2D eigenvalue weighted by Crippen LogP contribution is 2.42. The van der Waals surface area contributed by atoms with Gasteiger partial charge in [-0.2, -0.15) is 18.0 Å². The van der Waals surface area contributed by atoms with E-state index in [4.69, 9.17) is 5.11 Å². The number of aliphatic carboxylic acids is 1. The first kappa shape index (κ1) is 21.6. The number of fused-ring (bicyclic) bond motifs is 1. The fourth-order valence-electron chi connectivity index (χ4n) is 4.40. The van der Waals surface area contributed by atoms with E-state index in [0.29, 0.717) is 31.1 Å². The Morgan fingerprint density at radius 2 is 1.85 bits per heavy atom. The number of thiazole rings is 1. The van der Waals surface area contributed by atoms with E-state index in [2.05, 4.69) is 25.3 Å². The van der Waals surface area contributed by atoms with Gasteiger partial charge in [0.05, 0.1) is 22.3 Å². The maximum Gasteiger partial charge on any atom is 0.418 e. The van der Waals surface area contributed by atoms with Crippen LogP contribution in [0.15, 0.2) is 24.4 Å². The van der Waals surface area contributed by atoms with Crippen LogP contribution in [0.2, 0.25) is 0 Å². The fourth-order valence-corrected chi connectivity index (χ4v) is 5.26. The number of nitrogens with zero attached hydrogens (tertiary/aromatic N) is 7. The standard InChI is InChI=1S/C19H17F4N7O2S/c20-12-1-2-13(19(21,22)23)14(3-12)28-5-10-7-29(8-11(10)6-28)18-24-4-15(33-18)17-25-27-30(26-17)9-16(31)32/h1-4,10-11H,5-9H2,(H,31,32). The molecule has 2 aliphatic heterocycles. The first-order chi connectivity index (χ1) is 15.7. The number of carbonyl (C=O) groups is 1. The van der Waals surface area contributed by atoms with Gasteiger partial charge in [-0.05, 0) is 23.4 Å². The summed E-state index contributed by atoms with van der Waals surface area (Å²) in [5.74, 6) is -1.26. The largest absolute Gasteiger partial charge is 0.480 e. The topological polar surface area (TPSA) is 100 Å². The lowest BCUT2D eigenvalue weighted by Crippen LogP contribution is -2.30. The molecule has 2 saturated heterocycles. The second-order valence-corrected chi connectivity index (χ2v) is 9.04. The van der Waals surface area contributed by atoms with Crippen molar-refractivity contribution < 1.29 is 27.5 Å². The molecule has 2 fully saturated rings. The van der Waals surface area contributed by atoms with E-state index in [1.807, 2.05) is 0 Å². The van der Waals surface area contributed by atoms with Crippen molar-refractivity contribution in [3.8, 4) is 10.7 Å². The Morgan fingerprint density at radius 1 is 1.15 bits per heavy atom. The van der Waals surface area contributed by atoms with Gasteiger partial charge in [-0.25, -0.2) is 9.37 Å². The maximum atomic E-state index is 13.7. The van der Waals surface area contributed by atoms with E-state index < -0.39 is 30.1 Å². The first-order valence-electron chi connectivity index (χ1n) is 10.00. The molecule has 2 atom stereocenters. The van der Waals surface area contributed by atoms with Gasteiger partial charge in [0.25, 0.3) is 0 Å². The lowest BCUT2D eigenvalue weighted by Gasteiger charge is -2.25. The third-order valence-corrected chi connectivity index (χ3v) is 6.86. The maximum absolute atomic E-state index is 13.7. The third-order valence-electron chi connectivity index (χ3n) is 5.81. The van der Waals surface area contributed by atoms with E-state index in [0.717, 1.165) is 28.1 Å². The van der Waals surface area contributed by atoms with E-state index in [1.165, 1.54) is 11.3 Å². The van der Waals surface area contributed by atoms with Crippen molar-refractivity contribution in [2.24, 2.45) is 11.8 Å². The molecule has 2 unspecified atom stereocenters. The summed E-state index contributed by atoms with van der Waals surface area (Å²) in [5.41, 5.74) is -0.941. The van der Waals surface area contributed by atoms with Crippen LogP contribution >= 0.6 is 11.3 Å². The average Bonchev–Trinajstić information content (AvgIpc) is 3.49. The van der Waals surface area contributed by atoms with Crippen LogP contribution in [-0.4, -0.2) is 62.4 Å². The summed E-state index contributed by atoms with van der Waals surface area (Å²) in [6.07, 6.45) is -2.96. The van der Waals surface area contributed by atoms with Crippen molar-refractivity contribution in [1.29, 1.82) is 0 Å². The Labute approximate surface area is 188 Å². The van der Waals surface area contributed by atoms with Crippen molar-refractivity contribution >= 4 is 28.1 Å². The second kappa shape index (κ2) is 7.93. The number of tetrazole rings is 1. The van der Waals surface area contributed by atoms with E-state index in [1.54, 1.807) is 11.1 Å². The number of halogens is 4. The molecule has 3 aromatic rings. The van der Waals surface area contributed by atoms with Gasteiger partial charge in [0.1, 0.15) is 5.82 Å². The molecule has 5 rings (SSSR count). The number of carboxylic acids is 1. The normalized spacial score (nSPS) is 20.5. The van der Waals surface area contributed by atoms with Crippen molar-refractivity contribution in [3.05, 3.63) is 35.8 Å². The highest BCUT2D eigenvalue weighted by atomic mass is 32.1. The zero-order chi connectivity index (χ0) is 23.3. The molecule has 4 heterocycles. The molecule has 0 spiro atoms. The van der Waals surface area contributed by atoms with E-state index in [9.17, 15) is 22.4 Å². The molecule has 0 bridgehead atoms. The van der Waals surface area contributed by atoms with E-state index >= 15 is 0 Å². The number of alkyl halides is 3. The molecular formula is C19H17F4N7O2S. The number of hydrogen-bond donors (Lipinski definition) is 1. The number of carboxylic acid groups (broad SMARTS) is 1. The monoisotopic (exact) mass is 483 g/mol. The SMILES string of the molecule is O=C(O)Cn1nnc(-c2cnc(N3CC4CN(c5cc(F)ccc5C(F)(F)F)CC4C3)s2)n1. The molecule has 0 amide bonds. The number of benzene rings is 1. The van der Waals surface area contributed by atoms with Gasteiger partial charge < -0.3 is 14.9 Å². The molecule has 1 N–H and O–H groups in total. The average molecular weight is 483 g/mol. The number of anilines is 2. The summed E-state index contributed by atoms with van der Waals surface area (Å²) in [4.78, 5) is 20.5. The molecule has 2 aromatic heterocycles. The van der Waals surface area contributed by atoms with Crippen LogP contribution < -0.4 is 9.80 Å². The van der Waals surface area contributed by atoms with Gasteiger partial charge in [0, 0.05) is 38.0 Å². The minimum atomic E-state index is -4.55. The van der Waals surface area contributed by atoms with Crippen LogP contribution in [0.1, 0.15) is 5.56 Å². The summed E-state index contributed by atoms with van der Waals surface area (Å²) in [6.45, 7) is 1.63. The van der Waals surface area contributed by atoms with Gasteiger partial charge >= 0.3 is 12.1 Å². The van der Waals surface area contributed by atoms with Gasteiger partial charge in [0.15, 0.2) is 11.7 Å². The van der Waals surface area contributed by atoms with Gasteiger partial charge in [0.2, 0.25) is 5.82 Å². The van der Waals surface area contributed by atoms with Gasteiger partial charge in [-0.3, -0.25) is 4.79 Å². The molecule has 174 valence electrons. The Balaban J connectivity index is 1.27. The third kappa shape index (κ3) is 4.21. The Hall–Kier alpha value is -3.29. The van der Waals surface area contributed by atoms with Crippen LogP contribution in [0.3, 0.4) is 0 Å². The molecule has 2 aliphatic rings. The summed E-state index contributed by atoms with van der Waals surface area (Å²) in [6, 6.07) is 2.59. The van der Waals surface area contributed by atoms with Crippen molar-refractivity contribution in [2.75, 3.05) is 36.0 Å². The first-order valence-corrected chi connectivity index (χ1v) is 10.8. The van der Waals surface area contributed by atoms with Crippen LogP contribution in [0.25, 0.3) is 10.7 Å². The predicted octanol–water partition coefficient (Wildman–Crippen LogP) is 2.61. The van der Waals surface area contributed by atoms with Gasteiger partial charge in [-0.1, -0.05) is 11.3 Å². The number of hydrogen-bond acceptors (Lipinski definition) is 8. The molecule has 14 heteroatoms. The zero-order valence-corrected chi connectivity index (χ0v) is 17.7. The molecule has 0 radical (unpaired) electrons. The molecule has 0 aliphatic carbocycles. The van der Waals surface area contributed by atoms with Crippen LogP contribution in [-0.2, 0) is 17.5 Å². The highest BCUT2D eigenvalue weighted by Gasteiger charge is 2.43. The molecule has 33 heavy (non-hydrogen) atoms. The summed E-state index contributed by atoms with van der Waals surface area (Å²) in [5, 5.41) is 21.1. The molecular weight excluding hydrogens is 466 g/mol. The fraction of sp³-hybridized carbons (Fsp3) is 0.421. The Morgan fingerprint density at radius 3 is 2.52 bits per heavy atom. The smallest absolute Gasteiger partial charge is 0.418 e. The quantitative estimate of drug-likeness (QED) is 0.553. The van der Waals surface area contributed by atoms with Crippen LogP contribution in [0.4, 0.5) is 28.4 Å². The van der Waals surface area contributed by atoms with Gasteiger partial charge in [-0.15, -0.1) is 10.2 Å². The highest BCUT2D eigenvalue weighted by molar-refractivity contribution is 7.18. The van der Waals surface area contributed by atoms with Crippen LogP contribution in [0.5, 0.6) is 0 Å². The van der Waals surface area contributed by atoms with E-state index in [-0.39, 0.29) is 23.3 Å². The van der Waals surface area contributed by atoms with Crippen molar-refractivity contribution in [1.82, 2.24) is 25.2 Å². The Kier molecular flexibility index (Phi) is 5.18. The molecule has 9 nitrogen and oxygen atoms in total. The second-order valence-electron chi connectivity index (χ2n) is 8.03. The number of rotatable bonds is 5. The summed E-state index contributed by atoms with van der Waals surface area (Å²) in [7, 11) is 0. The molecule has 1 aromatic carbocycles. The Bertz CT molecular complexity index is 1180. The number of aromatic nitrogens is 5. The minimum Gasteiger partial charge on any atom is -0.480 e. The predicted molar refractivity (Wildman–Crippen MR) is 109 cm³/mol. The van der Waals surface area contributed by atoms with Crippen molar-refractivity contribution in [3.63, 3.8) is 0 Å². The summed E-state index contributed by atoms with van der Waals surface area (Å²) < 4.78 is 53.9. The van der Waals surface area contributed by atoms with Crippen LogP contribution in [0, 0.1) is 17.7 Å². The zero-order valence-electron chi connectivity index (χ0n) is 16.9. The van der Waals surface area contributed by atoms with Crippen molar-refractivity contribution in [2.45, 2.75) is 12.7 Å². The molecule has 0 saturated carbocycles. The minimum absolute atomic E-state index is 0.115. The lowest BCUT2D eigenvalue weighted by molar-refractivity contribution is -0.138. The summed E-state index contributed by atoms with van der Waals surface area (Å²) >= 11 is 1.34. The lowest BCUT2D eigenvalue weighted by atomic mass is 10.0.